The molecule has 11 amide bonds. The molecule has 0 bridgehead atoms. The first-order valence-corrected chi connectivity index (χ1v) is 45.4. The van der Waals surface area contributed by atoms with Crippen LogP contribution in [0.3, 0.4) is 0 Å². The summed E-state index contributed by atoms with van der Waals surface area (Å²) >= 11 is 0. The van der Waals surface area contributed by atoms with Crippen LogP contribution in [0.1, 0.15) is 219 Å². The van der Waals surface area contributed by atoms with Crippen molar-refractivity contribution in [1.29, 1.82) is 5.26 Å². The highest BCUT2D eigenvalue weighted by atomic mass is 16.7. The molecule has 750 valence electrons. The van der Waals surface area contributed by atoms with Crippen molar-refractivity contribution in [3.8, 4) is 6.07 Å². The predicted octanol–water partition coefficient (Wildman–Crippen LogP) is -2.42. The number of ether oxygens (including phenoxy) is 11. The van der Waals surface area contributed by atoms with Gasteiger partial charge in [0.2, 0.25) is 65.0 Å². The summed E-state index contributed by atoms with van der Waals surface area (Å²) < 4.78 is 63.9. The average Bonchev–Trinajstić information content (AvgIpc) is 0.844. The normalized spacial score (nSPS) is 23.5. The van der Waals surface area contributed by atoms with Crippen LogP contribution in [0.4, 0.5) is 0 Å². The Morgan fingerprint density at radius 3 is 1.02 bits per heavy atom. The molecule has 3 saturated heterocycles. The lowest BCUT2D eigenvalue weighted by molar-refractivity contribution is -0.270. The Kier molecular flexibility index (Phi) is 54.3. The van der Waals surface area contributed by atoms with Gasteiger partial charge in [-0.05, 0) is 151 Å². The van der Waals surface area contributed by atoms with Crippen molar-refractivity contribution in [1.82, 2.24) is 58.5 Å². The van der Waals surface area contributed by atoms with E-state index in [-0.39, 0.29) is 175 Å². The van der Waals surface area contributed by atoms with Crippen LogP contribution in [0.5, 0.6) is 0 Å². The Labute approximate surface area is 764 Å². The lowest BCUT2D eigenvalue weighted by Crippen LogP contribution is -2.64. The van der Waals surface area contributed by atoms with Gasteiger partial charge >= 0.3 is 0 Å². The third-order valence-electron chi connectivity index (χ3n) is 22.6. The molecule has 3 rings (SSSR count). The highest BCUT2D eigenvalue weighted by Crippen LogP contribution is 2.38. The molecule has 0 aromatic heterocycles. The zero-order valence-electron chi connectivity index (χ0n) is 78.8. The number of rotatable bonds is 67. The third kappa shape index (κ3) is 45.7. The fraction of sp³-hybridized carbons (Fsp3) is 0.862. The fourth-order valence-corrected chi connectivity index (χ4v) is 14.9. The van der Waals surface area contributed by atoms with E-state index in [2.05, 4.69) is 64.6 Å². The molecule has 20 N–H and O–H groups in total. The van der Waals surface area contributed by atoms with E-state index >= 15 is 4.79 Å². The molecule has 3 aliphatic rings. The van der Waals surface area contributed by atoms with E-state index < -0.39 is 204 Å². The van der Waals surface area contributed by atoms with Gasteiger partial charge in [0.25, 0.3) is 0 Å². The van der Waals surface area contributed by atoms with Crippen molar-refractivity contribution >= 4 is 65.0 Å². The highest BCUT2D eigenvalue weighted by Gasteiger charge is 2.49. The number of amides is 11. The summed E-state index contributed by atoms with van der Waals surface area (Å²) in [5.74, 6) is -4.92. The monoisotopic (exact) mass is 1870 g/mol. The summed E-state index contributed by atoms with van der Waals surface area (Å²) in [7, 11) is 0. The van der Waals surface area contributed by atoms with Crippen molar-refractivity contribution in [3.63, 3.8) is 0 Å². The number of nitrogens with one attached hydrogen (secondary N) is 11. The Hall–Kier alpha value is -7.14. The number of hydrogen-bond acceptors (Lipinski definition) is 32. The van der Waals surface area contributed by atoms with Gasteiger partial charge in [-0.25, -0.2) is 0 Å². The zero-order valence-corrected chi connectivity index (χ0v) is 78.8. The number of aliphatic hydroxyl groups is 9. The third-order valence-corrected chi connectivity index (χ3v) is 22.6. The summed E-state index contributed by atoms with van der Waals surface area (Å²) in [5, 5.41) is 132. The molecule has 16 unspecified atom stereocenters. The van der Waals surface area contributed by atoms with Gasteiger partial charge in [0.15, 0.2) is 18.9 Å². The fourth-order valence-electron chi connectivity index (χ4n) is 14.9. The summed E-state index contributed by atoms with van der Waals surface area (Å²) in [6.07, 6.45) is -10.8. The molecule has 0 spiro atoms. The maximum Gasteiger partial charge on any atom is 0.245 e. The van der Waals surface area contributed by atoms with Crippen LogP contribution in [-0.2, 0) is 105 Å². The molecule has 16 atom stereocenters. The molecule has 3 aliphatic heterocycles. The topological polar surface area (TPSA) is 627 Å². The van der Waals surface area contributed by atoms with Crippen LogP contribution in [0.2, 0.25) is 0 Å². The lowest BCUT2D eigenvalue weighted by atomic mass is 9.77. The molecule has 130 heavy (non-hydrogen) atoms. The number of aliphatic hydroxyl groups excluding tert-OH is 9. The van der Waals surface area contributed by atoms with Crippen molar-refractivity contribution < 1.29 is 151 Å². The lowest BCUT2D eigenvalue weighted by Gasteiger charge is -2.42. The van der Waals surface area contributed by atoms with E-state index in [1.807, 2.05) is 62.3 Å². The van der Waals surface area contributed by atoms with Crippen LogP contribution in [0, 0.1) is 28.1 Å². The molecule has 0 saturated carbocycles. The van der Waals surface area contributed by atoms with Gasteiger partial charge < -0.3 is 157 Å². The maximum absolute atomic E-state index is 15.2. The average molecular weight is 1870 g/mol. The minimum atomic E-state index is -1.46. The van der Waals surface area contributed by atoms with E-state index in [4.69, 9.17) is 52.1 Å². The molecule has 0 radical (unpaired) electrons. The standard InChI is InChI=1S/C87H156N12O31/c1-55(2)86(14,53-88)28-24-65(109)95-54-85(12,13)126-42-32-83(8,9)130-84(10,11)52-82(6,7)81(119)99-87(29-25-62(106)92-36-43-120-49-66(110)89-33-18-15-21-39-123-78-69(96-56(3)103)75(116)72(113)59(46-100)127-78,30-26-63(107)93-37-44-121-50-67(111)90-34-19-16-22-40-124-79-70(97-57(4)104)76(117)73(114)60(47-101)128-79)31-27-64(108)94-38-45-122-51-68(112)91-35-20-17-23-41-125-80-71(98-58(5)105)77(118)74(115)61(48-102)129-80/h55,59-61,69-80,100-102,113-118H,15-52,54H2,1-14H3,(H,89,110)(H,90,111)(H,91,112)(H,92,106)(H,93,107)(H,94,108)(H,95,109)(H,96,103)(H,97,104)(H,98,105)(H,99,119). The van der Waals surface area contributed by atoms with Crippen molar-refractivity contribution in [2.75, 3.05) is 132 Å². The van der Waals surface area contributed by atoms with Gasteiger partial charge in [0.1, 0.15) is 92.9 Å². The van der Waals surface area contributed by atoms with E-state index in [0.717, 1.165) is 0 Å². The quantitative estimate of drug-likeness (QED) is 0.0282. The Bertz CT molecular complexity index is 3210. The number of nitrogens with zero attached hydrogens (tertiary/aromatic N) is 1. The number of carbonyl (C=O) groups is 11. The zero-order chi connectivity index (χ0) is 97.4. The Balaban J connectivity index is 1.75. The smallest absolute Gasteiger partial charge is 0.245 e. The number of carbonyl (C=O) groups excluding carboxylic acids is 11. The summed E-state index contributed by atoms with van der Waals surface area (Å²) in [6, 6.07) is -0.926. The molecule has 43 heteroatoms. The van der Waals surface area contributed by atoms with Crippen molar-refractivity contribution in [3.05, 3.63) is 0 Å². The van der Waals surface area contributed by atoms with Gasteiger partial charge in [-0.3, -0.25) is 52.7 Å². The van der Waals surface area contributed by atoms with Crippen LogP contribution < -0.4 is 58.5 Å². The molecule has 0 aromatic rings. The molecule has 3 fully saturated rings. The first kappa shape index (κ1) is 117. The second-order valence-corrected chi connectivity index (χ2v) is 36.6. The van der Waals surface area contributed by atoms with Gasteiger partial charge in [0, 0.05) is 123 Å². The highest BCUT2D eigenvalue weighted by molar-refractivity contribution is 5.84. The summed E-state index contributed by atoms with van der Waals surface area (Å²) in [4.78, 5) is 144. The number of unbranched alkanes of at least 4 members (excludes halogenated alkanes) is 6. The van der Waals surface area contributed by atoms with Crippen molar-refractivity contribution in [2.24, 2.45) is 16.7 Å². The van der Waals surface area contributed by atoms with Crippen LogP contribution in [0.15, 0.2) is 0 Å². The van der Waals surface area contributed by atoms with Gasteiger partial charge in [-0.1, -0.05) is 27.7 Å². The molecule has 0 aromatic carbocycles. The van der Waals surface area contributed by atoms with E-state index in [9.17, 15) is 99.2 Å². The summed E-state index contributed by atoms with van der Waals surface area (Å²) in [5.41, 5.74) is -5.96. The second kappa shape index (κ2) is 60.3. The minimum absolute atomic E-state index is 0.0467. The van der Waals surface area contributed by atoms with Gasteiger partial charge in [0.05, 0.1) is 74.5 Å². The predicted molar refractivity (Wildman–Crippen MR) is 468 cm³/mol. The second-order valence-electron chi connectivity index (χ2n) is 36.6. The van der Waals surface area contributed by atoms with Crippen LogP contribution in [0.25, 0.3) is 0 Å². The Morgan fingerprint density at radius 1 is 0.385 bits per heavy atom. The van der Waals surface area contributed by atoms with Crippen LogP contribution >= 0.6 is 0 Å². The van der Waals surface area contributed by atoms with E-state index in [0.29, 0.717) is 70.6 Å². The van der Waals surface area contributed by atoms with Gasteiger partial charge in [-0.15, -0.1) is 0 Å². The van der Waals surface area contributed by atoms with E-state index in [1.54, 1.807) is 13.8 Å². The SMILES string of the molecule is CC(=O)NC1C(OCCCCCNC(=O)COCCNC(=O)CCC(CCC(=O)NCCOCC(=O)NCCCCCOC2OC(CO)C(O)C(O)C2NC(C)=O)(CCC(=O)NCCOCC(=O)NCCCCCOC2OC(CO)C(O)C(O)C2NC(C)=O)NC(=O)C(C)(C)CC(C)(C)OC(C)(C)CCOC(C)(C)CNC(=O)CCC(C)(C#N)C(C)C)OC(CO)C(O)C1O. The molecular weight excluding hydrogens is 1710 g/mol. The van der Waals surface area contributed by atoms with Crippen molar-refractivity contribution in [2.45, 2.75) is 333 Å². The van der Waals surface area contributed by atoms with E-state index in [1.165, 1.54) is 20.8 Å². The molecular formula is C87H156N12O31. The molecule has 0 aliphatic carbocycles. The largest absolute Gasteiger partial charge is 0.394 e. The molecule has 43 nitrogen and oxygen atoms in total. The number of hydrogen-bond donors (Lipinski definition) is 20. The summed E-state index contributed by atoms with van der Waals surface area (Å²) in [6.45, 7) is 22.5. The minimum Gasteiger partial charge on any atom is -0.394 e. The van der Waals surface area contributed by atoms with Gasteiger partial charge in [-0.2, -0.15) is 5.26 Å². The number of nitriles is 1. The first-order chi connectivity index (χ1) is 61.2. The van der Waals surface area contributed by atoms with Crippen LogP contribution in [-0.4, -0.2) is 357 Å². The Morgan fingerprint density at radius 2 is 0.708 bits per heavy atom. The molecule has 3 heterocycles. The first-order valence-electron chi connectivity index (χ1n) is 45.4. The maximum atomic E-state index is 15.2.